The molecule has 4 spiro atoms. The number of hydrogen-bond acceptors (Lipinski definition) is 10. The van der Waals surface area contributed by atoms with Crippen molar-refractivity contribution < 1.29 is 47.4 Å². The van der Waals surface area contributed by atoms with Crippen molar-refractivity contribution in [3.05, 3.63) is 36.2 Å². The van der Waals surface area contributed by atoms with Gasteiger partial charge in [0.15, 0.2) is 23.1 Å². The van der Waals surface area contributed by atoms with Crippen LogP contribution in [-0.4, -0.2) is 80.9 Å². The highest BCUT2D eigenvalue weighted by atomic mass is 31.2. The van der Waals surface area contributed by atoms with E-state index in [1.54, 1.807) is 39.1 Å². The van der Waals surface area contributed by atoms with E-state index in [4.69, 9.17) is 27.8 Å². The van der Waals surface area contributed by atoms with Crippen LogP contribution in [0.5, 0.6) is 0 Å². The molecule has 13 heteroatoms. The molecule has 11 atom stereocenters. The summed E-state index contributed by atoms with van der Waals surface area (Å²) in [6.07, 6.45) is 0.599. The van der Waals surface area contributed by atoms with Gasteiger partial charge in [0.2, 0.25) is 0 Å². The molecule has 8 fully saturated rings. The molecule has 4 aliphatic carbocycles. The lowest BCUT2D eigenvalue weighted by Gasteiger charge is -2.65. The van der Waals surface area contributed by atoms with E-state index >= 15 is 0 Å². The molecular weight excluding hydrogens is 552 g/mol. The molecule has 4 saturated heterocycles. The molecule has 8 aliphatic rings. The zero-order valence-electron chi connectivity index (χ0n) is 24.2. The van der Waals surface area contributed by atoms with Gasteiger partial charge in [-0.15, -0.1) is 0 Å². The Morgan fingerprint density at radius 3 is 2.66 bits per heavy atom. The molecule has 11 nitrogen and oxygen atoms in total. The van der Waals surface area contributed by atoms with E-state index in [-0.39, 0.29) is 12.1 Å². The third-order valence-corrected chi connectivity index (χ3v) is 13.6. The topological polar surface area (TPSA) is 146 Å². The number of aliphatic hydroxyl groups is 2. The van der Waals surface area contributed by atoms with Gasteiger partial charge in [-0.3, -0.25) is 13.6 Å². The number of rotatable bonds is 4. The molecule has 222 valence electrons. The lowest BCUT2D eigenvalue weighted by atomic mass is 9.51. The summed E-state index contributed by atoms with van der Waals surface area (Å²) in [4.78, 5) is 16.7. The maximum atomic E-state index is 14.3. The summed E-state index contributed by atoms with van der Waals surface area (Å²) in [5.74, 6) is -3.32. The predicted molar refractivity (Wildman–Crippen MR) is 144 cm³/mol. The Morgan fingerprint density at radius 2 is 2.02 bits per heavy atom. The van der Waals surface area contributed by atoms with Crippen molar-refractivity contribution in [1.82, 2.24) is 4.98 Å². The van der Waals surface area contributed by atoms with E-state index in [2.05, 4.69) is 11.6 Å². The van der Waals surface area contributed by atoms with Crippen LogP contribution in [0.25, 0.3) is 0 Å². The average Bonchev–Trinajstić information content (AvgIpc) is 3.50. The Balaban J connectivity index is 1.54. The number of ether oxygens (including phenoxy) is 2. The summed E-state index contributed by atoms with van der Waals surface area (Å²) in [6, 6.07) is 3.27. The lowest BCUT2D eigenvalue weighted by molar-refractivity contribution is -0.385. The van der Waals surface area contributed by atoms with Crippen molar-refractivity contribution >= 4 is 20.7 Å². The smallest absolute Gasteiger partial charge is 0.451 e. The van der Waals surface area contributed by atoms with Gasteiger partial charge in [-0.1, -0.05) is 34.3 Å². The summed E-state index contributed by atoms with van der Waals surface area (Å²) in [7, 11) is -4.71. The van der Waals surface area contributed by atoms with E-state index in [1.807, 2.05) is 13.8 Å². The average molecular weight is 589 g/mol. The van der Waals surface area contributed by atoms with Crippen molar-refractivity contribution in [3.63, 3.8) is 0 Å². The fourth-order valence-corrected chi connectivity index (χ4v) is 12.8. The Bertz CT molecular complexity index is 1470. The third-order valence-electron chi connectivity index (χ3n) is 12.4. The van der Waals surface area contributed by atoms with Crippen molar-refractivity contribution in [2.75, 3.05) is 6.66 Å². The Kier molecular flexibility index (Phi) is 4.67. The molecule has 9 rings (SSSR count). The Morgan fingerprint density at radius 1 is 1.29 bits per heavy atom. The first kappa shape index (κ1) is 27.1. The van der Waals surface area contributed by atoms with Crippen LogP contribution in [0.3, 0.4) is 0 Å². The molecule has 1 aromatic rings. The highest BCUT2D eigenvalue weighted by Crippen LogP contribution is 2.96. The predicted octanol–water partition coefficient (Wildman–Crippen LogP) is 3.19. The van der Waals surface area contributed by atoms with E-state index in [9.17, 15) is 19.6 Å². The second-order valence-electron chi connectivity index (χ2n) is 13.9. The molecule has 1 aromatic heterocycles. The fraction of sp³-hybridized carbons (Fsp3) is 0.750. The molecular formula is C28H37BNO10P. The minimum Gasteiger partial charge on any atom is -0.451 e. The number of nitrogens with one attached hydrogen (secondary N) is 1. The highest BCUT2D eigenvalue weighted by Gasteiger charge is 3.13. The second-order valence-corrected chi connectivity index (χ2v) is 15.9. The van der Waals surface area contributed by atoms with Crippen LogP contribution in [0.15, 0.2) is 30.5 Å². The lowest BCUT2D eigenvalue weighted by Crippen LogP contribution is -2.78. The van der Waals surface area contributed by atoms with Crippen molar-refractivity contribution in [3.8, 4) is 0 Å². The van der Waals surface area contributed by atoms with Gasteiger partial charge >= 0.3 is 20.7 Å². The highest BCUT2D eigenvalue weighted by molar-refractivity contribution is 7.53. The minimum atomic E-state index is -3.91. The van der Waals surface area contributed by atoms with Crippen LogP contribution >= 0.6 is 7.60 Å². The number of carbonyl (C=O) groups excluding carboxylic acids is 1. The van der Waals surface area contributed by atoms with E-state index < -0.39 is 83.4 Å². The first-order valence-corrected chi connectivity index (χ1v) is 16.5. The third kappa shape index (κ3) is 2.15. The number of hydrogen-bond donors (Lipinski definition) is 3. The molecule has 41 heavy (non-hydrogen) atoms. The standard InChI is InChI=1S/C28H37BNO10P/c1-8-29-38-23-12-11-16(4)18-26(23)28(40-41(7,34)36-18)22(6)24(32,37-26)14-21(23,5)27(28,39-29)20(25(22,33)15(2)3)35-19(31)17-10-9-13-30-17/h9-10,13,15,18,20,30,32-33H,4,8,11-12,14H2,1-3,5-7H3/t18-,20-,21+,22-,23+,24-,25-,26-,27-,28+,41-/m1/s1. The SMILES string of the molecule is C=C1CC[C@@]23OB(CC)O[C@@]45[C@H](OC(=O)c6ccc[nH]6)[C@](O)(C(C)C)[C@]6(C)[C@@]47O[P@](C)(=O)O[C@H]1[C@@]27O[C@]6(O)C[C@@]35C. The van der Waals surface area contributed by atoms with Crippen LogP contribution in [0.2, 0.25) is 6.32 Å². The quantitative estimate of drug-likeness (QED) is 0.207. The molecule has 5 heterocycles. The number of aromatic nitrogens is 1. The fourth-order valence-electron chi connectivity index (χ4n) is 11.2. The summed E-state index contributed by atoms with van der Waals surface area (Å²) in [5, 5.41) is 26.0. The molecule has 4 saturated carbocycles. The zero-order chi connectivity index (χ0) is 29.4. The molecule has 3 N–H and O–H groups in total. The summed E-state index contributed by atoms with van der Waals surface area (Å²) < 4.78 is 54.6. The molecule has 0 radical (unpaired) electrons. The largest absolute Gasteiger partial charge is 0.457 e. The Labute approximate surface area is 238 Å². The normalized spacial score (nSPS) is 57.4. The number of aromatic amines is 1. The van der Waals surface area contributed by atoms with Crippen molar-refractivity contribution in [2.45, 2.75) is 106 Å². The maximum Gasteiger partial charge on any atom is 0.457 e. The van der Waals surface area contributed by atoms with Gasteiger partial charge in [0.1, 0.15) is 23.0 Å². The monoisotopic (exact) mass is 589 g/mol. The van der Waals surface area contributed by atoms with Crippen LogP contribution < -0.4 is 0 Å². The number of esters is 1. The first-order valence-electron chi connectivity index (χ1n) is 14.5. The van der Waals surface area contributed by atoms with Crippen LogP contribution in [0.1, 0.15) is 64.4 Å². The summed E-state index contributed by atoms with van der Waals surface area (Å²) in [5.41, 5.74) is -10.3. The van der Waals surface area contributed by atoms with Crippen molar-refractivity contribution in [2.24, 2.45) is 16.7 Å². The van der Waals surface area contributed by atoms with Gasteiger partial charge < -0.3 is 34.0 Å². The van der Waals surface area contributed by atoms with Gasteiger partial charge in [-0.05, 0) is 49.7 Å². The van der Waals surface area contributed by atoms with Crippen LogP contribution in [-0.2, 0) is 32.4 Å². The zero-order valence-corrected chi connectivity index (χ0v) is 25.1. The first-order chi connectivity index (χ1) is 19.0. The summed E-state index contributed by atoms with van der Waals surface area (Å²) >= 11 is 0. The van der Waals surface area contributed by atoms with E-state index in [0.717, 1.165) is 0 Å². The van der Waals surface area contributed by atoms with Gasteiger partial charge in [-0.25, -0.2) is 4.79 Å². The Hall–Kier alpha value is -1.50. The van der Waals surface area contributed by atoms with Crippen molar-refractivity contribution in [1.29, 1.82) is 0 Å². The van der Waals surface area contributed by atoms with Gasteiger partial charge in [0, 0.05) is 24.7 Å². The molecule has 7 bridgehead atoms. The number of H-pyrrole nitrogens is 1. The van der Waals surface area contributed by atoms with Gasteiger partial charge in [-0.2, -0.15) is 0 Å². The van der Waals surface area contributed by atoms with Gasteiger partial charge in [0.05, 0.1) is 11.0 Å². The molecule has 0 amide bonds. The van der Waals surface area contributed by atoms with Crippen LogP contribution in [0, 0.1) is 16.7 Å². The minimum absolute atomic E-state index is 0.00140. The molecule has 4 aliphatic heterocycles. The molecule has 0 aromatic carbocycles. The second kappa shape index (κ2) is 7.07. The van der Waals surface area contributed by atoms with Gasteiger partial charge in [0.25, 0.3) is 0 Å². The maximum absolute atomic E-state index is 14.3. The van der Waals surface area contributed by atoms with E-state index in [0.29, 0.717) is 24.7 Å². The number of carbonyl (C=O) groups is 1. The molecule has 0 unspecified atom stereocenters. The summed E-state index contributed by atoms with van der Waals surface area (Å²) in [6.45, 7) is 14.8. The van der Waals surface area contributed by atoms with E-state index in [1.165, 1.54) is 6.66 Å². The van der Waals surface area contributed by atoms with Crippen LogP contribution in [0.4, 0.5) is 0 Å².